The Labute approximate surface area is 162 Å². The summed E-state index contributed by atoms with van der Waals surface area (Å²) in [5, 5.41) is 0. The van der Waals surface area contributed by atoms with Crippen LogP contribution < -0.4 is 9.46 Å². The van der Waals surface area contributed by atoms with Crippen LogP contribution in [0.4, 0.5) is 10.1 Å². The molecule has 0 spiro atoms. The molecule has 9 heteroatoms. The van der Waals surface area contributed by atoms with Crippen molar-refractivity contribution in [2.45, 2.75) is 19.4 Å². The molecule has 0 fully saturated rings. The van der Waals surface area contributed by atoms with Crippen molar-refractivity contribution >= 4 is 27.5 Å². The van der Waals surface area contributed by atoms with Gasteiger partial charge in [-0.25, -0.2) is 12.8 Å². The summed E-state index contributed by atoms with van der Waals surface area (Å²) in [4.78, 5) is 24.4. The lowest BCUT2D eigenvalue weighted by Crippen LogP contribution is -2.25. The third kappa shape index (κ3) is 6.05. The Kier molecular flexibility index (Phi) is 6.74. The Hall–Kier alpha value is -2.94. The molecular weight excluding hydrogens is 389 g/mol. The van der Waals surface area contributed by atoms with Crippen LogP contribution in [-0.4, -0.2) is 39.6 Å². The van der Waals surface area contributed by atoms with Gasteiger partial charge in [0.15, 0.2) is 17.7 Å². The van der Waals surface area contributed by atoms with Gasteiger partial charge in [-0.15, -0.1) is 0 Å². The first-order valence-electron chi connectivity index (χ1n) is 8.23. The lowest BCUT2D eigenvalue weighted by molar-refractivity contribution is -0.145. The molecule has 0 aromatic heterocycles. The van der Waals surface area contributed by atoms with E-state index in [0.717, 1.165) is 6.26 Å². The summed E-state index contributed by atoms with van der Waals surface area (Å²) in [5.41, 5.74) is 0.958. The minimum Gasteiger partial charge on any atom is -0.494 e. The van der Waals surface area contributed by atoms with Crippen LogP contribution in [0.15, 0.2) is 42.5 Å². The molecule has 1 atom stereocenters. The number of ketones is 1. The van der Waals surface area contributed by atoms with Crippen molar-refractivity contribution < 1.29 is 31.9 Å². The first-order valence-corrected chi connectivity index (χ1v) is 10.1. The van der Waals surface area contributed by atoms with Gasteiger partial charge in [0.2, 0.25) is 15.8 Å². The van der Waals surface area contributed by atoms with Crippen LogP contribution >= 0.6 is 0 Å². The molecule has 0 saturated carbocycles. The smallest absolute Gasteiger partial charge is 0.310 e. The normalized spacial score (nSPS) is 12.1. The summed E-state index contributed by atoms with van der Waals surface area (Å²) in [7, 11) is -2.08. The molecule has 0 radical (unpaired) electrons. The zero-order valence-corrected chi connectivity index (χ0v) is 16.4. The van der Waals surface area contributed by atoms with Crippen molar-refractivity contribution in [3.8, 4) is 5.75 Å². The van der Waals surface area contributed by atoms with Gasteiger partial charge in [0, 0.05) is 11.3 Å². The number of carbonyl (C=O) groups is 2. The number of anilines is 1. The number of hydrogen-bond donors (Lipinski definition) is 1. The van der Waals surface area contributed by atoms with Crippen molar-refractivity contribution in [1.29, 1.82) is 0 Å². The fourth-order valence-electron chi connectivity index (χ4n) is 2.43. The van der Waals surface area contributed by atoms with Crippen LogP contribution in [0.5, 0.6) is 5.75 Å². The molecule has 0 aliphatic carbocycles. The van der Waals surface area contributed by atoms with E-state index in [9.17, 15) is 22.4 Å². The predicted octanol–water partition coefficient (Wildman–Crippen LogP) is 2.56. The molecule has 28 heavy (non-hydrogen) atoms. The maximum absolute atomic E-state index is 13.7. The van der Waals surface area contributed by atoms with Gasteiger partial charge < -0.3 is 9.47 Å². The molecule has 2 aromatic carbocycles. The Morgan fingerprint density at radius 3 is 2.32 bits per heavy atom. The molecular formula is C19H20FNO6S. The molecule has 7 nitrogen and oxygen atoms in total. The van der Waals surface area contributed by atoms with Crippen LogP contribution in [0.2, 0.25) is 0 Å². The SMILES string of the molecule is COc1ccc(CC(=O)O[C@H](C)C(=O)c2ccc(NS(C)(=O)=O)cc2)cc1F. The zero-order valence-electron chi connectivity index (χ0n) is 15.6. The summed E-state index contributed by atoms with van der Waals surface area (Å²) < 4.78 is 48.3. The minimum atomic E-state index is -3.42. The molecule has 0 unspecified atom stereocenters. The number of carbonyl (C=O) groups excluding carboxylic acids is 2. The van der Waals surface area contributed by atoms with Gasteiger partial charge in [-0.3, -0.25) is 14.3 Å². The fraction of sp³-hybridized carbons (Fsp3) is 0.263. The van der Waals surface area contributed by atoms with E-state index >= 15 is 0 Å². The molecule has 0 bridgehead atoms. The summed E-state index contributed by atoms with van der Waals surface area (Å²) in [6.07, 6.45) is -0.234. The van der Waals surface area contributed by atoms with E-state index in [1.54, 1.807) is 0 Å². The third-order valence-corrected chi connectivity index (χ3v) is 4.32. The Morgan fingerprint density at radius 2 is 1.79 bits per heavy atom. The van der Waals surface area contributed by atoms with E-state index in [-0.39, 0.29) is 17.7 Å². The average Bonchev–Trinajstić information content (AvgIpc) is 2.60. The van der Waals surface area contributed by atoms with E-state index in [2.05, 4.69) is 4.72 Å². The molecule has 150 valence electrons. The monoisotopic (exact) mass is 409 g/mol. The highest BCUT2D eigenvalue weighted by molar-refractivity contribution is 7.92. The highest BCUT2D eigenvalue weighted by atomic mass is 32.2. The number of methoxy groups -OCH3 is 1. The van der Waals surface area contributed by atoms with Crippen molar-refractivity contribution in [1.82, 2.24) is 0 Å². The largest absolute Gasteiger partial charge is 0.494 e. The van der Waals surface area contributed by atoms with Gasteiger partial charge in [0.05, 0.1) is 19.8 Å². The molecule has 2 rings (SSSR count). The van der Waals surface area contributed by atoms with Gasteiger partial charge in [0.25, 0.3) is 0 Å². The van der Waals surface area contributed by atoms with Gasteiger partial charge in [0.1, 0.15) is 0 Å². The first-order chi connectivity index (χ1) is 13.1. The van der Waals surface area contributed by atoms with Crippen LogP contribution in [0.3, 0.4) is 0 Å². The summed E-state index contributed by atoms with van der Waals surface area (Å²) in [5.74, 6) is -1.66. The topological polar surface area (TPSA) is 98.8 Å². The van der Waals surface area contributed by atoms with E-state index in [0.29, 0.717) is 11.3 Å². The van der Waals surface area contributed by atoms with Crippen LogP contribution in [0.1, 0.15) is 22.8 Å². The maximum atomic E-state index is 13.7. The highest BCUT2D eigenvalue weighted by Gasteiger charge is 2.20. The molecule has 0 aliphatic rings. The average molecular weight is 409 g/mol. The molecule has 0 amide bonds. The highest BCUT2D eigenvalue weighted by Crippen LogP contribution is 2.19. The Balaban J connectivity index is 1.97. The van der Waals surface area contributed by atoms with E-state index < -0.39 is 33.7 Å². The second kappa shape index (κ2) is 8.83. The van der Waals surface area contributed by atoms with E-state index in [1.807, 2.05) is 0 Å². The quantitative estimate of drug-likeness (QED) is 0.531. The van der Waals surface area contributed by atoms with Crippen molar-refractivity contribution in [2.75, 3.05) is 18.1 Å². The number of nitrogens with one attached hydrogen (secondary N) is 1. The molecule has 1 N–H and O–H groups in total. The minimum absolute atomic E-state index is 0.0643. The lowest BCUT2D eigenvalue weighted by Gasteiger charge is -2.13. The van der Waals surface area contributed by atoms with Crippen molar-refractivity contribution in [2.24, 2.45) is 0 Å². The summed E-state index contributed by atoms with van der Waals surface area (Å²) in [6.45, 7) is 1.43. The van der Waals surface area contributed by atoms with Gasteiger partial charge >= 0.3 is 5.97 Å². The second-order valence-corrected chi connectivity index (χ2v) is 7.84. The number of ether oxygens (including phenoxy) is 2. The predicted molar refractivity (Wildman–Crippen MR) is 101 cm³/mol. The van der Waals surface area contributed by atoms with Gasteiger partial charge in [-0.05, 0) is 48.9 Å². The van der Waals surface area contributed by atoms with Crippen molar-refractivity contribution in [3.05, 3.63) is 59.4 Å². The number of Topliss-reactive ketones (excluding diaryl/α,β-unsaturated/α-hetero) is 1. The number of rotatable bonds is 8. The molecule has 2 aromatic rings. The number of hydrogen-bond acceptors (Lipinski definition) is 6. The Bertz CT molecular complexity index is 972. The van der Waals surface area contributed by atoms with Crippen LogP contribution in [0, 0.1) is 5.82 Å². The second-order valence-electron chi connectivity index (χ2n) is 6.09. The van der Waals surface area contributed by atoms with Crippen LogP contribution in [0.25, 0.3) is 0 Å². The number of halogens is 1. The van der Waals surface area contributed by atoms with E-state index in [1.165, 1.54) is 56.5 Å². The standard InChI is InChI=1S/C19H20FNO6S/c1-12(19(23)14-5-7-15(8-6-14)21-28(3,24)25)27-18(22)11-13-4-9-17(26-2)16(20)10-13/h4-10,12,21H,11H2,1-3H3/t12-/m1/s1. The van der Waals surface area contributed by atoms with Crippen LogP contribution in [-0.2, 0) is 26.0 Å². The fourth-order valence-corrected chi connectivity index (χ4v) is 2.99. The third-order valence-electron chi connectivity index (χ3n) is 3.71. The first kappa shape index (κ1) is 21.4. The number of esters is 1. The van der Waals surface area contributed by atoms with Gasteiger partial charge in [-0.1, -0.05) is 6.07 Å². The zero-order chi connectivity index (χ0) is 20.9. The summed E-state index contributed by atoms with van der Waals surface area (Å²) >= 11 is 0. The molecule has 0 heterocycles. The number of benzene rings is 2. The lowest BCUT2D eigenvalue weighted by atomic mass is 10.1. The molecule has 0 aliphatic heterocycles. The van der Waals surface area contributed by atoms with Gasteiger partial charge in [-0.2, -0.15) is 0 Å². The van der Waals surface area contributed by atoms with Crippen molar-refractivity contribution in [3.63, 3.8) is 0 Å². The number of sulfonamides is 1. The Morgan fingerprint density at radius 1 is 1.14 bits per heavy atom. The molecule has 0 saturated heterocycles. The summed E-state index contributed by atoms with van der Waals surface area (Å²) in [6, 6.07) is 9.83. The van der Waals surface area contributed by atoms with E-state index in [4.69, 9.17) is 9.47 Å². The maximum Gasteiger partial charge on any atom is 0.310 e.